The average molecular weight is 410 g/mol. The van der Waals surface area contributed by atoms with Gasteiger partial charge in [0.1, 0.15) is 12.4 Å². The van der Waals surface area contributed by atoms with E-state index in [4.69, 9.17) is 9.47 Å². The molecule has 2 unspecified atom stereocenters. The van der Waals surface area contributed by atoms with Crippen molar-refractivity contribution in [3.63, 3.8) is 0 Å². The Balaban J connectivity index is 1.34. The van der Waals surface area contributed by atoms with Crippen LogP contribution in [0.3, 0.4) is 0 Å². The van der Waals surface area contributed by atoms with Crippen molar-refractivity contribution < 1.29 is 14.3 Å². The lowest BCUT2D eigenvalue weighted by atomic mass is 10.2. The number of rotatable bonds is 9. The fourth-order valence-corrected chi connectivity index (χ4v) is 3.53. The van der Waals surface area contributed by atoms with Gasteiger partial charge in [-0.15, -0.1) is 0 Å². The quantitative estimate of drug-likeness (QED) is 0.509. The van der Waals surface area contributed by atoms with Crippen LogP contribution < -0.4 is 10.1 Å². The third kappa shape index (κ3) is 7.61. The molecule has 1 N–H and O–H groups in total. The summed E-state index contributed by atoms with van der Waals surface area (Å²) in [6.45, 7) is 8.20. The SMILES string of the molecule is CC1CN(CCCNC(=O)C=Cc2ccc(OCc3ccccn3)cc2)CC(C)O1. The summed E-state index contributed by atoms with van der Waals surface area (Å²) in [7, 11) is 0. The number of ether oxygens (including phenoxy) is 2. The lowest BCUT2D eigenvalue weighted by Gasteiger charge is -2.35. The van der Waals surface area contributed by atoms with Crippen LogP contribution in [0, 0.1) is 0 Å². The third-order valence-corrected chi connectivity index (χ3v) is 4.87. The smallest absolute Gasteiger partial charge is 0.243 e. The summed E-state index contributed by atoms with van der Waals surface area (Å²) in [5, 5.41) is 2.95. The number of hydrogen-bond donors (Lipinski definition) is 1. The highest BCUT2D eigenvalue weighted by molar-refractivity contribution is 5.91. The summed E-state index contributed by atoms with van der Waals surface area (Å²) >= 11 is 0. The third-order valence-electron chi connectivity index (χ3n) is 4.87. The van der Waals surface area contributed by atoms with E-state index >= 15 is 0 Å². The largest absolute Gasteiger partial charge is 0.487 e. The number of benzene rings is 1. The molecule has 0 saturated carbocycles. The summed E-state index contributed by atoms with van der Waals surface area (Å²) in [5.41, 5.74) is 1.84. The minimum absolute atomic E-state index is 0.0748. The fraction of sp³-hybridized carbons (Fsp3) is 0.417. The zero-order valence-electron chi connectivity index (χ0n) is 17.8. The van der Waals surface area contributed by atoms with E-state index in [2.05, 4.69) is 29.0 Å². The van der Waals surface area contributed by atoms with E-state index in [9.17, 15) is 4.79 Å². The topological polar surface area (TPSA) is 63.7 Å². The van der Waals surface area contributed by atoms with E-state index in [0.29, 0.717) is 13.2 Å². The van der Waals surface area contributed by atoms with Crippen LogP contribution in [-0.2, 0) is 16.1 Å². The van der Waals surface area contributed by atoms with Gasteiger partial charge in [0.05, 0.1) is 17.9 Å². The first-order valence-corrected chi connectivity index (χ1v) is 10.5. The van der Waals surface area contributed by atoms with Crippen LogP contribution in [-0.4, -0.2) is 54.2 Å². The van der Waals surface area contributed by atoms with E-state index in [0.717, 1.165) is 43.1 Å². The summed E-state index contributed by atoms with van der Waals surface area (Å²) in [6.07, 6.45) is 6.62. The van der Waals surface area contributed by atoms with E-state index in [1.54, 1.807) is 12.3 Å². The molecule has 160 valence electrons. The Kier molecular flexibility index (Phi) is 8.41. The molecule has 2 heterocycles. The van der Waals surface area contributed by atoms with Crippen LogP contribution in [0.5, 0.6) is 5.75 Å². The maximum absolute atomic E-state index is 12.0. The van der Waals surface area contributed by atoms with Crippen LogP contribution in [0.25, 0.3) is 6.08 Å². The number of morpholine rings is 1. The fourth-order valence-electron chi connectivity index (χ4n) is 3.53. The van der Waals surface area contributed by atoms with Gasteiger partial charge in [-0.25, -0.2) is 0 Å². The summed E-state index contributed by atoms with van der Waals surface area (Å²) in [4.78, 5) is 18.7. The molecule has 2 atom stereocenters. The van der Waals surface area contributed by atoms with Crippen molar-refractivity contribution >= 4 is 12.0 Å². The molecule has 6 nitrogen and oxygen atoms in total. The minimum Gasteiger partial charge on any atom is -0.487 e. The molecule has 1 fully saturated rings. The first-order chi connectivity index (χ1) is 14.6. The highest BCUT2D eigenvalue weighted by Crippen LogP contribution is 2.14. The van der Waals surface area contributed by atoms with Crippen molar-refractivity contribution in [2.45, 2.75) is 39.1 Å². The average Bonchev–Trinajstić information content (AvgIpc) is 2.75. The molecule has 1 aliphatic rings. The highest BCUT2D eigenvalue weighted by atomic mass is 16.5. The maximum Gasteiger partial charge on any atom is 0.243 e. The molecule has 0 aliphatic carbocycles. The van der Waals surface area contributed by atoms with Crippen molar-refractivity contribution in [3.05, 3.63) is 66.0 Å². The Morgan fingerprint density at radius 3 is 2.67 bits per heavy atom. The van der Waals surface area contributed by atoms with Crippen LogP contribution >= 0.6 is 0 Å². The van der Waals surface area contributed by atoms with Gasteiger partial charge >= 0.3 is 0 Å². The van der Waals surface area contributed by atoms with E-state index in [1.165, 1.54) is 0 Å². The predicted octanol–water partition coefficient (Wildman–Crippen LogP) is 3.29. The van der Waals surface area contributed by atoms with Crippen LogP contribution in [0.15, 0.2) is 54.7 Å². The van der Waals surface area contributed by atoms with Crippen molar-refractivity contribution in [1.82, 2.24) is 15.2 Å². The van der Waals surface area contributed by atoms with Crippen molar-refractivity contribution in [1.29, 1.82) is 0 Å². The molecule has 30 heavy (non-hydrogen) atoms. The summed E-state index contributed by atoms with van der Waals surface area (Å²) in [5.74, 6) is 0.697. The number of carbonyl (C=O) groups excluding carboxylic acids is 1. The lowest BCUT2D eigenvalue weighted by Crippen LogP contribution is -2.46. The number of carbonyl (C=O) groups is 1. The molecule has 1 saturated heterocycles. The maximum atomic E-state index is 12.0. The Morgan fingerprint density at radius 2 is 1.97 bits per heavy atom. The molecular weight excluding hydrogens is 378 g/mol. The molecule has 1 aliphatic heterocycles. The lowest BCUT2D eigenvalue weighted by molar-refractivity contribution is -0.116. The van der Waals surface area contributed by atoms with Gasteiger partial charge in [0, 0.05) is 38.5 Å². The van der Waals surface area contributed by atoms with Crippen molar-refractivity contribution in [3.8, 4) is 5.75 Å². The second-order valence-electron chi connectivity index (χ2n) is 7.67. The van der Waals surface area contributed by atoms with Gasteiger partial charge in [-0.3, -0.25) is 14.7 Å². The number of pyridine rings is 1. The number of nitrogens with zero attached hydrogens (tertiary/aromatic N) is 2. The van der Waals surface area contributed by atoms with E-state index < -0.39 is 0 Å². The minimum atomic E-state index is -0.0748. The van der Waals surface area contributed by atoms with Gasteiger partial charge < -0.3 is 14.8 Å². The Morgan fingerprint density at radius 1 is 1.20 bits per heavy atom. The Bertz CT molecular complexity index is 798. The molecule has 1 aromatic heterocycles. The van der Waals surface area contributed by atoms with Gasteiger partial charge in [0.25, 0.3) is 0 Å². The Hall–Kier alpha value is -2.70. The van der Waals surface area contributed by atoms with Gasteiger partial charge in [-0.1, -0.05) is 18.2 Å². The molecular formula is C24H31N3O3. The molecule has 3 rings (SSSR count). The normalized spacial score (nSPS) is 19.7. The summed E-state index contributed by atoms with van der Waals surface area (Å²) in [6, 6.07) is 13.4. The van der Waals surface area contributed by atoms with Gasteiger partial charge in [0.2, 0.25) is 5.91 Å². The number of nitrogens with one attached hydrogen (secondary N) is 1. The van der Waals surface area contributed by atoms with Crippen LogP contribution in [0.2, 0.25) is 0 Å². The van der Waals surface area contributed by atoms with Crippen molar-refractivity contribution in [2.24, 2.45) is 0 Å². The molecule has 1 amide bonds. The van der Waals surface area contributed by atoms with E-state index in [-0.39, 0.29) is 18.1 Å². The van der Waals surface area contributed by atoms with Gasteiger partial charge in [-0.2, -0.15) is 0 Å². The first-order valence-electron chi connectivity index (χ1n) is 10.5. The number of amides is 1. The summed E-state index contributed by atoms with van der Waals surface area (Å²) < 4.78 is 11.5. The number of hydrogen-bond acceptors (Lipinski definition) is 5. The molecule has 6 heteroatoms. The molecule has 0 bridgehead atoms. The second-order valence-corrected chi connectivity index (χ2v) is 7.67. The zero-order chi connectivity index (χ0) is 21.2. The van der Waals surface area contributed by atoms with Crippen LogP contribution in [0.4, 0.5) is 0 Å². The van der Waals surface area contributed by atoms with E-state index in [1.807, 2.05) is 48.5 Å². The van der Waals surface area contributed by atoms with Gasteiger partial charge in [-0.05, 0) is 56.2 Å². The molecule has 0 radical (unpaired) electrons. The van der Waals surface area contributed by atoms with Gasteiger partial charge in [0.15, 0.2) is 0 Å². The molecule has 0 spiro atoms. The van der Waals surface area contributed by atoms with Crippen LogP contribution in [0.1, 0.15) is 31.5 Å². The predicted molar refractivity (Wildman–Crippen MR) is 118 cm³/mol. The highest BCUT2D eigenvalue weighted by Gasteiger charge is 2.21. The zero-order valence-corrected chi connectivity index (χ0v) is 17.8. The molecule has 2 aromatic rings. The van der Waals surface area contributed by atoms with Crippen molar-refractivity contribution in [2.75, 3.05) is 26.2 Å². The molecule has 1 aromatic carbocycles. The standard InChI is InChI=1S/C24H31N3O3/c1-19-16-27(17-20(2)30-19)15-5-14-26-24(28)12-9-21-7-10-23(11-8-21)29-18-22-6-3-4-13-25-22/h3-4,6-13,19-20H,5,14-18H2,1-2H3,(H,26,28). The number of aromatic nitrogens is 1. The second kappa shape index (κ2) is 11.5. The first kappa shape index (κ1) is 22.0. The monoisotopic (exact) mass is 409 g/mol. The Labute approximate surface area is 178 Å².